The molecule has 15 atom stereocenters. The minimum atomic E-state index is -2.52. The molecule has 1 saturated carbocycles. The molecule has 2 saturated heterocycles. The third-order valence-electron chi connectivity index (χ3n) is 15.2. The Hall–Kier alpha value is -3.96. The number of cyclic esters (lactones) is 1. The van der Waals surface area contributed by atoms with E-state index in [1.807, 2.05) is 51.1 Å². The van der Waals surface area contributed by atoms with Gasteiger partial charge in [-0.25, -0.2) is 4.79 Å². The quantitative estimate of drug-likeness (QED) is 0.113. The molecule has 15 nitrogen and oxygen atoms in total. The molecule has 2 bridgehead atoms. The van der Waals surface area contributed by atoms with E-state index in [0.29, 0.717) is 56.3 Å². The maximum Gasteiger partial charge on any atom is 0.329 e. The fraction of sp³-hybridized carbons (Fsp3) is 0.698. The molecule has 68 heavy (non-hydrogen) atoms. The number of methoxy groups -OCH3 is 3. The van der Waals surface area contributed by atoms with Crippen LogP contribution in [-0.4, -0.2) is 131 Å². The van der Waals surface area contributed by atoms with Gasteiger partial charge in [-0.2, -0.15) is 0 Å². The number of ketones is 2. The molecule has 1 aliphatic carbocycles. The summed E-state index contributed by atoms with van der Waals surface area (Å²) in [5.74, 6) is -6.92. The third kappa shape index (κ3) is 12.1. The highest BCUT2D eigenvalue weighted by Crippen LogP contribution is 2.40. The first-order chi connectivity index (χ1) is 32.3. The number of hydrogen-bond acceptors (Lipinski definition) is 13. The summed E-state index contributed by atoms with van der Waals surface area (Å²) in [6, 6.07) is 6.53. The number of nitrogens with one attached hydrogen (secondary N) is 1. The predicted molar refractivity (Wildman–Crippen MR) is 255 cm³/mol. The van der Waals surface area contributed by atoms with Crippen molar-refractivity contribution in [3.8, 4) is 5.75 Å². The number of hydrogen-bond donors (Lipinski definition) is 4. The molecule has 15 unspecified atom stereocenters. The van der Waals surface area contributed by atoms with Crippen LogP contribution in [0.2, 0.25) is 0 Å². The number of Topliss-reactive ketones (excluding diaryl/α,β-unsaturated/α-hetero) is 2. The van der Waals surface area contributed by atoms with Crippen molar-refractivity contribution in [2.24, 2.45) is 29.6 Å². The Morgan fingerprint density at radius 2 is 1.65 bits per heavy atom. The van der Waals surface area contributed by atoms with Crippen LogP contribution in [0.25, 0.3) is 10.9 Å². The monoisotopic (exact) mass is 951 g/mol. The number of nitrogens with zero attached hydrogens (tertiary/aromatic N) is 1. The first-order valence-corrected chi connectivity index (χ1v) is 24.9. The molecular weight excluding hydrogens is 873 g/mol. The molecule has 1 aromatic heterocycles. The SMILES string of the molecule is CCC1C=C(C)CC(C)CC(OC)C2OC(O)(C(=O)C(=O)N3CCCCC3C(=O)OC(C(C)=CC3CCC(Oc4ccc5[nH]c(C(C)O)cc5c4)C(OC)C3)C(C)C(O)CC1=O)C(C)CC2OC. The van der Waals surface area contributed by atoms with E-state index < -0.39 is 83.9 Å². The third-order valence-corrected chi connectivity index (χ3v) is 15.2. The molecule has 4 heterocycles. The number of fused-ring (bicyclic) bond motifs is 4. The Kier molecular flexibility index (Phi) is 18.3. The van der Waals surface area contributed by atoms with Gasteiger partial charge in [-0.05, 0) is 127 Å². The summed E-state index contributed by atoms with van der Waals surface area (Å²) in [7, 11) is 4.73. The first kappa shape index (κ1) is 53.4. The number of ether oxygens (including phenoxy) is 6. The smallest absolute Gasteiger partial charge is 0.329 e. The van der Waals surface area contributed by atoms with Gasteiger partial charge in [0.05, 0.1) is 30.5 Å². The number of esters is 1. The van der Waals surface area contributed by atoms with E-state index in [4.69, 9.17) is 28.4 Å². The van der Waals surface area contributed by atoms with Crippen molar-refractivity contribution in [3.05, 3.63) is 53.3 Å². The highest BCUT2D eigenvalue weighted by Gasteiger charge is 2.56. The molecule has 6 rings (SSSR count). The van der Waals surface area contributed by atoms with Crippen LogP contribution in [0.3, 0.4) is 0 Å². The van der Waals surface area contributed by atoms with Gasteiger partial charge in [-0.15, -0.1) is 0 Å². The van der Waals surface area contributed by atoms with Gasteiger partial charge in [0.15, 0.2) is 0 Å². The van der Waals surface area contributed by atoms with Gasteiger partial charge >= 0.3 is 5.97 Å². The molecule has 0 spiro atoms. The number of rotatable bonds is 9. The number of allylic oxidation sites excluding steroid dienone is 3. The zero-order valence-electron chi connectivity index (χ0n) is 41.9. The average Bonchev–Trinajstić information content (AvgIpc) is 3.76. The number of aliphatic hydroxyl groups excluding tert-OH is 2. The van der Waals surface area contributed by atoms with Crippen molar-refractivity contribution in [2.75, 3.05) is 27.9 Å². The Bertz CT molecular complexity index is 2130. The Labute approximate surface area is 402 Å². The van der Waals surface area contributed by atoms with Crippen molar-refractivity contribution in [3.63, 3.8) is 0 Å². The molecule has 3 fully saturated rings. The topological polar surface area (TPSA) is 203 Å². The van der Waals surface area contributed by atoms with Gasteiger partial charge in [0.2, 0.25) is 5.79 Å². The highest BCUT2D eigenvalue weighted by molar-refractivity contribution is 6.39. The molecule has 3 aliphatic heterocycles. The molecular formula is C53H78N2O13. The van der Waals surface area contributed by atoms with E-state index in [2.05, 4.69) is 18.0 Å². The summed E-state index contributed by atoms with van der Waals surface area (Å²) >= 11 is 0. The van der Waals surface area contributed by atoms with Gasteiger partial charge in [-0.3, -0.25) is 14.4 Å². The van der Waals surface area contributed by atoms with Crippen molar-refractivity contribution < 1.29 is 62.9 Å². The van der Waals surface area contributed by atoms with E-state index >= 15 is 0 Å². The lowest BCUT2D eigenvalue weighted by Gasteiger charge is -2.47. The van der Waals surface area contributed by atoms with Crippen LogP contribution in [0.4, 0.5) is 0 Å². The second kappa shape index (κ2) is 23.3. The second-order valence-corrected chi connectivity index (χ2v) is 20.4. The van der Waals surface area contributed by atoms with E-state index in [1.165, 1.54) is 19.1 Å². The lowest BCUT2D eigenvalue weighted by atomic mass is 9.81. The molecule has 2 aromatic rings. The maximum absolute atomic E-state index is 14.6. The number of benzene rings is 1. The Morgan fingerprint density at radius 1 is 0.941 bits per heavy atom. The first-order valence-electron chi connectivity index (χ1n) is 24.9. The number of carbonyl (C=O) groups is 4. The Morgan fingerprint density at radius 3 is 2.32 bits per heavy atom. The average molecular weight is 951 g/mol. The molecule has 378 valence electrons. The number of amides is 1. The van der Waals surface area contributed by atoms with E-state index in [-0.39, 0.29) is 55.6 Å². The van der Waals surface area contributed by atoms with Crippen LogP contribution in [0.1, 0.15) is 131 Å². The molecule has 1 aromatic carbocycles. The molecule has 15 heteroatoms. The van der Waals surface area contributed by atoms with Gasteiger partial charge in [0, 0.05) is 68.6 Å². The normalized spacial score (nSPS) is 36.1. The molecule has 4 aliphatic rings. The zero-order chi connectivity index (χ0) is 49.6. The summed E-state index contributed by atoms with van der Waals surface area (Å²) in [6.45, 7) is 13.0. The van der Waals surface area contributed by atoms with E-state index in [0.717, 1.165) is 28.6 Å². The van der Waals surface area contributed by atoms with Gasteiger partial charge in [0.1, 0.15) is 35.9 Å². The number of H-pyrrole nitrogens is 1. The van der Waals surface area contributed by atoms with Crippen molar-refractivity contribution >= 4 is 34.3 Å². The fourth-order valence-electron chi connectivity index (χ4n) is 11.1. The van der Waals surface area contributed by atoms with Gasteiger partial charge < -0.3 is 53.6 Å². The summed E-state index contributed by atoms with van der Waals surface area (Å²) in [5, 5.41) is 35.0. The lowest BCUT2D eigenvalue weighted by Crippen LogP contribution is -2.64. The number of aromatic amines is 1. The summed E-state index contributed by atoms with van der Waals surface area (Å²) in [6.07, 6.45) is 3.63. The summed E-state index contributed by atoms with van der Waals surface area (Å²) < 4.78 is 37.0. The van der Waals surface area contributed by atoms with Crippen LogP contribution >= 0.6 is 0 Å². The summed E-state index contributed by atoms with van der Waals surface area (Å²) in [4.78, 5) is 61.8. The lowest BCUT2D eigenvalue weighted by molar-refractivity contribution is -0.302. The van der Waals surface area contributed by atoms with Crippen LogP contribution in [0.15, 0.2) is 47.6 Å². The zero-order valence-corrected chi connectivity index (χ0v) is 41.9. The minimum absolute atomic E-state index is 0.0156. The second-order valence-electron chi connectivity index (χ2n) is 20.4. The van der Waals surface area contributed by atoms with Crippen LogP contribution < -0.4 is 4.74 Å². The van der Waals surface area contributed by atoms with Gasteiger partial charge in [0.25, 0.3) is 11.7 Å². The molecule has 1 amide bonds. The van der Waals surface area contributed by atoms with E-state index in [9.17, 15) is 34.5 Å². The standard InChI is InChI=1S/C53H78N2O13/c1-11-36-21-29(2)20-30(3)22-46(64-9)49-47(65-10)24-32(5)53(62,68-49)50(59)51(60)55-19-13-12-14-41(55)52(61)67-48(33(6)42(57)28-43(36)58)31(4)23-35-15-18-44(45(25-35)63-8)66-38-16-17-39-37(26-38)27-40(54-39)34(7)56/h16-17,21,23,26-27,30,32-36,41-42,44-49,54,56-57,62H,11-15,18-20,22,24-25,28H2,1-10H3. The Balaban J connectivity index is 1.29. The minimum Gasteiger partial charge on any atom is -0.488 e. The molecule has 0 radical (unpaired) electrons. The van der Waals surface area contributed by atoms with Crippen LogP contribution in [0.5, 0.6) is 5.75 Å². The van der Waals surface area contributed by atoms with Crippen molar-refractivity contribution in [1.82, 2.24) is 9.88 Å². The summed E-state index contributed by atoms with van der Waals surface area (Å²) in [5.41, 5.74) is 3.29. The highest BCUT2D eigenvalue weighted by atomic mass is 16.7. The number of aliphatic hydroxyl groups is 3. The van der Waals surface area contributed by atoms with Crippen LogP contribution in [-0.2, 0) is 42.9 Å². The predicted octanol–water partition coefficient (Wildman–Crippen LogP) is 7.09. The van der Waals surface area contributed by atoms with Crippen LogP contribution in [0, 0.1) is 29.6 Å². The number of aromatic nitrogens is 1. The number of carbonyl (C=O) groups excluding carboxylic acids is 4. The van der Waals surface area contributed by atoms with Crippen molar-refractivity contribution in [2.45, 2.75) is 180 Å². The molecule has 4 N–H and O–H groups in total. The van der Waals surface area contributed by atoms with E-state index in [1.54, 1.807) is 27.9 Å². The maximum atomic E-state index is 14.6. The number of piperidine rings is 1. The van der Waals surface area contributed by atoms with Gasteiger partial charge in [-0.1, -0.05) is 45.4 Å². The fourth-order valence-corrected chi connectivity index (χ4v) is 11.1. The largest absolute Gasteiger partial charge is 0.488 e. The van der Waals surface area contributed by atoms with Crippen molar-refractivity contribution in [1.29, 1.82) is 0 Å².